The van der Waals surface area contributed by atoms with Gasteiger partial charge in [-0.15, -0.1) is 0 Å². The summed E-state index contributed by atoms with van der Waals surface area (Å²) in [7, 11) is 0. The normalized spacial score (nSPS) is 22.8. The van der Waals surface area contributed by atoms with E-state index in [9.17, 15) is 19.7 Å². The number of esters is 1. The quantitative estimate of drug-likeness (QED) is 0.783. The molecule has 21 heavy (non-hydrogen) atoms. The SMILES string of the molecule is CC(C)(C)OC(=O)[C@@H]1[C@@H](c2ccccc2F)C1(C#N)C#N. The Bertz CT molecular complexity index is 650. The highest BCUT2D eigenvalue weighted by molar-refractivity contribution is 5.83. The van der Waals surface area contributed by atoms with Crippen LogP contribution in [0.3, 0.4) is 0 Å². The number of benzene rings is 1. The third-order valence-corrected chi connectivity index (χ3v) is 3.48. The van der Waals surface area contributed by atoms with Crippen molar-refractivity contribution >= 4 is 5.97 Å². The molecule has 0 unspecified atom stereocenters. The van der Waals surface area contributed by atoms with Crippen molar-refractivity contribution < 1.29 is 13.9 Å². The molecule has 1 aromatic carbocycles. The van der Waals surface area contributed by atoms with E-state index in [1.165, 1.54) is 18.2 Å². The van der Waals surface area contributed by atoms with Gasteiger partial charge in [0.05, 0.1) is 18.1 Å². The molecular formula is C16H15FN2O2. The molecule has 1 saturated carbocycles. The topological polar surface area (TPSA) is 73.9 Å². The molecule has 4 nitrogen and oxygen atoms in total. The maximum atomic E-state index is 13.9. The molecule has 0 aliphatic heterocycles. The molecule has 108 valence electrons. The monoisotopic (exact) mass is 286 g/mol. The van der Waals surface area contributed by atoms with Gasteiger partial charge < -0.3 is 4.74 Å². The number of halogens is 1. The molecule has 0 radical (unpaired) electrons. The van der Waals surface area contributed by atoms with Crippen LogP contribution in [0.5, 0.6) is 0 Å². The second-order valence-electron chi connectivity index (χ2n) is 6.10. The van der Waals surface area contributed by atoms with Crippen molar-refractivity contribution in [2.45, 2.75) is 32.3 Å². The lowest BCUT2D eigenvalue weighted by Crippen LogP contribution is -2.26. The largest absolute Gasteiger partial charge is 0.460 e. The highest BCUT2D eigenvalue weighted by Gasteiger charge is 2.72. The second-order valence-corrected chi connectivity index (χ2v) is 6.10. The Kier molecular flexibility index (Phi) is 3.47. The Morgan fingerprint density at radius 2 is 1.86 bits per heavy atom. The molecule has 5 heteroatoms. The number of ether oxygens (including phenoxy) is 1. The molecule has 0 saturated heterocycles. The molecule has 1 fully saturated rings. The first-order valence-electron chi connectivity index (χ1n) is 6.56. The molecular weight excluding hydrogens is 271 g/mol. The molecule has 2 rings (SSSR count). The molecule has 0 aromatic heterocycles. The average molecular weight is 286 g/mol. The summed E-state index contributed by atoms with van der Waals surface area (Å²) < 4.78 is 19.1. The fourth-order valence-electron chi connectivity index (χ4n) is 2.53. The van der Waals surface area contributed by atoms with Crippen LogP contribution in [-0.2, 0) is 9.53 Å². The first-order chi connectivity index (χ1) is 9.77. The average Bonchev–Trinajstić information content (AvgIpc) is 3.07. The highest BCUT2D eigenvalue weighted by Crippen LogP contribution is 2.65. The standard InChI is InChI=1S/C16H15FN2O2/c1-15(2,3)21-14(20)13-12(16(13,8-18)9-19)10-6-4-5-7-11(10)17/h4-7,12-13H,1-3H3/t12-,13+/m1/s1. The molecule has 2 atom stereocenters. The van der Waals surface area contributed by atoms with Crippen molar-refractivity contribution in [3.8, 4) is 12.1 Å². The summed E-state index contributed by atoms with van der Waals surface area (Å²) in [6.07, 6.45) is 0. The van der Waals surface area contributed by atoms with Crippen LogP contribution in [0.25, 0.3) is 0 Å². The lowest BCUT2D eigenvalue weighted by Gasteiger charge is -2.19. The Morgan fingerprint density at radius 1 is 1.29 bits per heavy atom. The third-order valence-electron chi connectivity index (χ3n) is 3.48. The summed E-state index contributed by atoms with van der Waals surface area (Å²) in [6, 6.07) is 9.61. The molecule has 1 aliphatic carbocycles. The van der Waals surface area contributed by atoms with E-state index >= 15 is 0 Å². The summed E-state index contributed by atoms with van der Waals surface area (Å²) in [4.78, 5) is 12.2. The maximum Gasteiger partial charge on any atom is 0.312 e. The van der Waals surface area contributed by atoms with Crippen LogP contribution in [0.2, 0.25) is 0 Å². The molecule has 1 aromatic rings. The summed E-state index contributed by atoms with van der Waals surface area (Å²) in [5.74, 6) is -2.91. The van der Waals surface area contributed by atoms with Crippen molar-refractivity contribution in [2.75, 3.05) is 0 Å². The Morgan fingerprint density at radius 3 is 2.33 bits per heavy atom. The van der Waals surface area contributed by atoms with Gasteiger partial charge in [0.15, 0.2) is 5.41 Å². The third kappa shape index (κ3) is 2.48. The van der Waals surface area contributed by atoms with Gasteiger partial charge in [-0.05, 0) is 32.4 Å². The van der Waals surface area contributed by atoms with Crippen molar-refractivity contribution in [3.05, 3.63) is 35.6 Å². The number of nitriles is 2. The van der Waals surface area contributed by atoms with Gasteiger partial charge in [0.25, 0.3) is 0 Å². The lowest BCUT2D eigenvalue weighted by atomic mass is 10.0. The first kappa shape index (κ1) is 15.0. The minimum Gasteiger partial charge on any atom is -0.460 e. The second kappa shape index (κ2) is 4.86. The number of rotatable bonds is 2. The predicted octanol–water partition coefficient (Wildman–Crippen LogP) is 2.91. The number of carbonyl (C=O) groups is 1. The zero-order chi connectivity index (χ0) is 15.8. The van der Waals surface area contributed by atoms with Crippen LogP contribution in [-0.4, -0.2) is 11.6 Å². The Balaban J connectivity index is 2.38. The summed E-state index contributed by atoms with van der Waals surface area (Å²) in [6.45, 7) is 5.10. The van der Waals surface area contributed by atoms with Crippen LogP contribution < -0.4 is 0 Å². The minimum absolute atomic E-state index is 0.205. The Hall–Kier alpha value is -2.40. The molecule has 0 spiro atoms. The number of carbonyl (C=O) groups excluding carboxylic acids is 1. The van der Waals surface area contributed by atoms with E-state index in [1.54, 1.807) is 26.8 Å². The number of nitrogens with zero attached hydrogens (tertiary/aromatic N) is 2. The highest BCUT2D eigenvalue weighted by atomic mass is 19.1. The van der Waals surface area contributed by atoms with Crippen LogP contribution in [0.4, 0.5) is 4.39 Å². The Labute approximate surface area is 122 Å². The first-order valence-corrected chi connectivity index (χ1v) is 6.56. The zero-order valence-electron chi connectivity index (χ0n) is 12.1. The van der Waals surface area contributed by atoms with Gasteiger partial charge >= 0.3 is 5.97 Å². The zero-order valence-corrected chi connectivity index (χ0v) is 12.1. The van der Waals surface area contributed by atoms with E-state index in [0.717, 1.165) is 0 Å². The van der Waals surface area contributed by atoms with E-state index < -0.39 is 34.6 Å². The summed E-state index contributed by atoms with van der Waals surface area (Å²) >= 11 is 0. The fourth-order valence-corrected chi connectivity index (χ4v) is 2.53. The lowest BCUT2D eigenvalue weighted by molar-refractivity contribution is -0.157. The van der Waals surface area contributed by atoms with E-state index in [0.29, 0.717) is 0 Å². The molecule has 0 amide bonds. The summed E-state index contributed by atoms with van der Waals surface area (Å²) in [5.41, 5.74) is -2.07. The smallest absolute Gasteiger partial charge is 0.312 e. The van der Waals surface area contributed by atoms with Crippen molar-refractivity contribution in [2.24, 2.45) is 11.3 Å². The fraction of sp³-hybridized carbons (Fsp3) is 0.438. The van der Waals surface area contributed by atoms with Gasteiger partial charge in [-0.3, -0.25) is 4.79 Å². The van der Waals surface area contributed by atoms with Gasteiger partial charge in [0.1, 0.15) is 11.4 Å². The number of hydrogen-bond donors (Lipinski definition) is 0. The van der Waals surface area contributed by atoms with Crippen LogP contribution >= 0.6 is 0 Å². The van der Waals surface area contributed by atoms with Gasteiger partial charge in [-0.2, -0.15) is 10.5 Å². The van der Waals surface area contributed by atoms with E-state index in [4.69, 9.17) is 4.74 Å². The van der Waals surface area contributed by atoms with E-state index in [2.05, 4.69) is 0 Å². The van der Waals surface area contributed by atoms with Gasteiger partial charge in [-0.25, -0.2) is 4.39 Å². The minimum atomic E-state index is -1.55. The van der Waals surface area contributed by atoms with Gasteiger partial charge in [-0.1, -0.05) is 18.2 Å². The van der Waals surface area contributed by atoms with Crippen molar-refractivity contribution in [3.63, 3.8) is 0 Å². The molecule has 1 aliphatic rings. The summed E-state index contributed by atoms with van der Waals surface area (Å²) in [5, 5.41) is 18.6. The van der Waals surface area contributed by atoms with Gasteiger partial charge in [0, 0.05) is 5.92 Å². The predicted molar refractivity (Wildman–Crippen MR) is 72.1 cm³/mol. The van der Waals surface area contributed by atoms with E-state index in [1.807, 2.05) is 12.1 Å². The molecule has 0 bridgehead atoms. The maximum absolute atomic E-state index is 13.9. The number of hydrogen-bond acceptors (Lipinski definition) is 4. The van der Waals surface area contributed by atoms with Crippen LogP contribution in [0.15, 0.2) is 24.3 Å². The van der Waals surface area contributed by atoms with Crippen molar-refractivity contribution in [1.29, 1.82) is 10.5 Å². The van der Waals surface area contributed by atoms with Gasteiger partial charge in [0.2, 0.25) is 0 Å². The molecule has 0 N–H and O–H groups in total. The van der Waals surface area contributed by atoms with Crippen LogP contribution in [0.1, 0.15) is 32.3 Å². The van der Waals surface area contributed by atoms with Crippen LogP contribution in [0, 0.1) is 39.8 Å². The molecule has 0 heterocycles. The van der Waals surface area contributed by atoms with E-state index in [-0.39, 0.29) is 5.56 Å². The van der Waals surface area contributed by atoms with Crippen molar-refractivity contribution in [1.82, 2.24) is 0 Å².